The minimum Gasteiger partial charge on any atom is -0.507 e. The number of ether oxygens (including phenoxy) is 2. The van der Waals surface area contributed by atoms with Gasteiger partial charge in [-0.25, -0.2) is 4.79 Å². The minimum atomic E-state index is -0.894. The summed E-state index contributed by atoms with van der Waals surface area (Å²) in [5, 5.41) is 19.8. The Bertz CT molecular complexity index is 781. The Morgan fingerprint density at radius 3 is 2.38 bits per heavy atom. The molecule has 24 heavy (non-hydrogen) atoms. The van der Waals surface area contributed by atoms with Gasteiger partial charge in [0.15, 0.2) is 5.78 Å². The van der Waals surface area contributed by atoms with Gasteiger partial charge in [-0.3, -0.25) is 4.79 Å². The number of para-hydroxylation sites is 1. The molecule has 0 amide bonds. The standard InChI is InChI=1S/C18H16O6/c1-3-17(21)24-11(2)23-12-8-9-14(16(20)10-12)18(22)13-6-4-5-7-15(13)19/h3-11,19-20H,1H2,2H3. The van der Waals surface area contributed by atoms with Crippen molar-refractivity contribution in [1.82, 2.24) is 0 Å². The van der Waals surface area contributed by atoms with E-state index in [4.69, 9.17) is 9.47 Å². The van der Waals surface area contributed by atoms with Gasteiger partial charge in [0, 0.05) is 19.1 Å². The van der Waals surface area contributed by atoms with E-state index in [1.54, 1.807) is 12.1 Å². The van der Waals surface area contributed by atoms with Gasteiger partial charge in [0.25, 0.3) is 0 Å². The van der Waals surface area contributed by atoms with Gasteiger partial charge in [0.1, 0.15) is 17.2 Å². The number of rotatable bonds is 6. The number of benzene rings is 2. The number of phenolic OH excluding ortho intramolecular Hbond substituents is 2. The zero-order valence-electron chi connectivity index (χ0n) is 12.9. The highest BCUT2D eigenvalue weighted by Gasteiger charge is 2.18. The molecule has 0 saturated heterocycles. The highest BCUT2D eigenvalue weighted by molar-refractivity contribution is 6.12. The molecule has 1 atom stereocenters. The normalized spacial score (nSPS) is 11.4. The number of hydrogen-bond donors (Lipinski definition) is 2. The number of carbonyl (C=O) groups excluding carboxylic acids is 2. The first-order valence-electron chi connectivity index (χ1n) is 7.07. The lowest BCUT2D eigenvalue weighted by Gasteiger charge is -2.15. The summed E-state index contributed by atoms with van der Waals surface area (Å²) in [6.45, 7) is 4.77. The summed E-state index contributed by atoms with van der Waals surface area (Å²) in [6.07, 6.45) is 0.112. The summed E-state index contributed by atoms with van der Waals surface area (Å²) < 4.78 is 10.2. The molecule has 0 heterocycles. The SMILES string of the molecule is C=CC(=O)OC(C)Oc1ccc(C(=O)c2ccccc2O)c(O)c1. The molecule has 0 radical (unpaired) electrons. The highest BCUT2D eigenvalue weighted by atomic mass is 16.7. The van der Waals surface area contributed by atoms with E-state index >= 15 is 0 Å². The van der Waals surface area contributed by atoms with Crippen molar-refractivity contribution in [2.45, 2.75) is 13.2 Å². The molecular weight excluding hydrogens is 312 g/mol. The van der Waals surface area contributed by atoms with E-state index < -0.39 is 18.0 Å². The Morgan fingerprint density at radius 2 is 1.75 bits per heavy atom. The minimum absolute atomic E-state index is 0.0135. The lowest BCUT2D eigenvalue weighted by molar-refractivity contribution is -0.154. The van der Waals surface area contributed by atoms with Crippen LogP contribution >= 0.6 is 0 Å². The van der Waals surface area contributed by atoms with Crippen molar-refractivity contribution in [3.8, 4) is 17.2 Å². The van der Waals surface area contributed by atoms with E-state index in [0.29, 0.717) is 0 Å². The first-order valence-corrected chi connectivity index (χ1v) is 7.07. The van der Waals surface area contributed by atoms with Crippen LogP contribution in [0.1, 0.15) is 22.8 Å². The Balaban J connectivity index is 2.18. The molecule has 2 rings (SSSR count). The van der Waals surface area contributed by atoms with Crippen molar-refractivity contribution >= 4 is 11.8 Å². The smallest absolute Gasteiger partial charge is 0.333 e. The summed E-state index contributed by atoms with van der Waals surface area (Å²) in [5.74, 6) is -1.44. The molecule has 2 aromatic rings. The van der Waals surface area contributed by atoms with Crippen molar-refractivity contribution in [2.24, 2.45) is 0 Å². The first-order chi connectivity index (χ1) is 11.4. The zero-order valence-corrected chi connectivity index (χ0v) is 12.9. The van der Waals surface area contributed by atoms with E-state index in [0.717, 1.165) is 6.08 Å². The van der Waals surface area contributed by atoms with Crippen LogP contribution in [0.5, 0.6) is 17.2 Å². The monoisotopic (exact) mass is 328 g/mol. The fraction of sp³-hybridized carbons (Fsp3) is 0.111. The molecule has 2 N–H and O–H groups in total. The topological polar surface area (TPSA) is 93.1 Å². The van der Waals surface area contributed by atoms with Gasteiger partial charge in [-0.2, -0.15) is 0 Å². The molecule has 2 aromatic carbocycles. The Kier molecular flexibility index (Phi) is 5.21. The maximum absolute atomic E-state index is 12.4. The van der Waals surface area contributed by atoms with Crippen LogP contribution in [0.25, 0.3) is 0 Å². The van der Waals surface area contributed by atoms with Crippen molar-refractivity contribution in [1.29, 1.82) is 0 Å². The molecule has 0 bridgehead atoms. The predicted molar refractivity (Wildman–Crippen MR) is 86.0 cm³/mol. The van der Waals surface area contributed by atoms with E-state index in [9.17, 15) is 19.8 Å². The summed E-state index contributed by atoms with van der Waals surface area (Å²) in [6, 6.07) is 10.1. The van der Waals surface area contributed by atoms with Crippen LogP contribution in [-0.4, -0.2) is 28.3 Å². The Hall–Kier alpha value is -3.28. The molecule has 6 heteroatoms. The fourth-order valence-electron chi connectivity index (χ4n) is 2.01. The molecule has 6 nitrogen and oxygen atoms in total. The van der Waals surface area contributed by atoms with Crippen LogP contribution in [0.4, 0.5) is 0 Å². The largest absolute Gasteiger partial charge is 0.507 e. The van der Waals surface area contributed by atoms with Crippen molar-refractivity contribution in [3.05, 3.63) is 66.2 Å². The summed E-state index contributed by atoms with van der Waals surface area (Å²) >= 11 is 0. The molecular formula is C18H16O6. The van der Waals surface area contributed by atoms with E-state index in [1.807, 2.05) is 0 Å². The van der Waals surface area contributed by atoms with Gasteiger partial charge in [-0.05, 0) is 24.3 Å². The maximum atomic E-state index is 12.4. The summed E-state index contributed by atoms with van der Waals surface area (Å²) in [5.41, 5.74) is 0.0920. The third-order valence-corrected chi connectivity index (χ3v) is 3.11. The van der Waals surface area contributed by atoms with Crippen LogP contribution in [-0.2, 0) is 9.53 Å². The van der Waals surface area contributed by atoms with E-state index in [1.165, 1.54) is 37.3 Å². The zero-order chi connectivity index (χ0) is 17.7. The number of phenols is 2. The average Bonchev–Trinajstić information content (AvgIpc) is 2.54. The van der Waals surface area contributed by atoms with E-state index in [2.05, 4.69) is 6.58 Å². The molecule has 0 spiro atoms. The van der Waals surface area contributed by atoms with Crippen molar-refractivity contribution in [2.75, 3.05) is 0 Å². The number of ketones is 1. The number of aromatic hydroxyl groups is 2. The molecule has 0 aliphatic heterocycles. The van der Waals surface area contributed by atoms with Crippen LogP contribution in [0.3, 0.4) is 0 Å². The van der Waals surface area contributed by atoms with Gasteiger partial charge in [0.05, 0.1) is 11.1 Å². The molecule has 0 aliphatic carbocycles. The van der Waals surface area contributed by atoms with Gasteiger partial charge < -0.3 is 19.7 Å². The molecule has 124 valence electrons. The second-order valence-corrected chi connectivity index (χ2v) is 4.85. The van der Waals surface area contributed by atoms with Gasteiger partial charge in [-0.1, -0.05) is 18.7 Å². The highest BCUT2D eigenvalue weighted by Crippen LogP contribution is 2.28. The molecule has 0 aromatic heterocycles. The van der Waals surface area contributed by atoms with Crippen LogP contribution in [0, 0.1) is 0 Å². The Morgan fingerprint density at radius 1 is 1.08 bits per heavy atom. The molecule has 0 saturated carbocycles. The summed E-state index contributed by atoms with van der Waals surface area (Å²) in [7, 11) is 0. The Labute approximate surface area is 138 Å². The van der Waals surface area contributed by atoms with Crippen LogP contribution in [0.2, 0.25) is 0 Å². The quantitative estimate of drug-likeness (QED) is 0.366. The van der Waals surface area contributed by atoms with Crippen LogP contribution < -0.4 is 4.74 Å². The van der Waals surface area contributed by atoms with Crippen molar-refractivity contribution < 1.29 is 29.3 Å². The van der Waals surface area contributed by atoms with E-state index in [-0.39, 0.29) is 28.4 Å². The molecule has 0 aliphatic rings. The average molecular weight is 328 g/mol. The van der Waals surface area contributed by atoms with Gasteiger partial charge in [0.2, 0.25) is 6.29 Å². The number of carbonyl (C=O) groups is 2. The molecule has 1 unspecified atom stereocenters. The first kappa shape index (κ1) is 17.1. The summed E-state index contributed by atoms with van der Waals surface area (Å²) in [4.78, 5) is 23.4. The second-order valence-electron chi connectivity index (χ2n) is 4.85. The number of esters is 1. The number of hydrogen-bond acceptors (Lipinski definition) is 6. The lowest BCUT2D eigenvalue weighted by Crippen LogP contribution is -2.19. The predicted octanol–water partition coefficient (Wildman–Crippen LogP) is 2.78. The second kappa shape index (κ2) is 7.32. The third-order valence-electron chi connectivity index (χ3n) is 3.11. The lowest BCUT2D eigenvalue weighted by atomic mass is 10.0. The maximum Gasteiger partial charge on any atom is 0.333 e. The molecule has 0 fully saturated rings. The fourth-order valence-corrected chi connectivity index (χ4v) is 2.01. The van der Waals surface area contributed by atoms with Crippen molar-refractivity contribution in [3.63, 3.8) is 0 Å². The van der Waals surface area contributed by atoms with Gasteiger partial charge in [-0.15, -0.1) is 0 Å². The van der Waals surface area contributed by atoms with Crippen LogP contribution in [0.15, 0.2) is 55.1 Å². The van der Waals surface area contributed by atoms with Gasteiger partial charge >= 0.3 is 5.97 Å². The third kappa shape index (κ3) is 3.92.